The first-order chi connectivity index (χ1) is 10.4. The second-order valence-electron chi connectivity index (χ2n) is 6.04. The molecule has 0 spiro atoms. The fourth-order valence-corrected chi connectivity index (χ4v) is 3.60. The highest BCUT2D eigenvalue weighted by atomic mass is 16.5. The van der Waals surface area contributed by atoms with E-state index in [4.69, 9.17) is 4.74 Å². The molecule has 0 bridgehead atoms. The second kappa shape index (κ2) is 5.45. The van der Waals surface area contributed by atoms with Crippen LogP contribution in [0.1, 0.15) is 12.8 Å². The summed E-state index contributed by atoms with van der Waals surface area (Å²) < 4.78 is 6.21. The molecule has 21 heavy (non-hydrogen) atoms. The molecule has 4 nitrogen and oxygen atoms in total. The molecule has 2 aliphatic rings. The van der Waals surface area contributed by atoms with Crippen LogP contribution in [0, 0.1) is 11.8 Å². The molecular formula is C17H19N3O. The summed E-state index contributed by atoms with van der Waals surface area (Å²) in [5, 5.41) is 3.47. The van der Waals surface area contributed by atoms with Crippen LogP contribution in [0.15, 0.2) is 43.0 Å². The summed E-state index contributed by atoms with van der Waals surface area (Å²) in [7, 11) is 0. The Balaban J connectivity index is 1.49. The molecule has 2 heterocycles. The van der Waals surface area contributed by atoms with Crippen molar-refractivity contribution in [3.63, 3.8) is 0 Å². The number of aromatic nitrogens is 2. The Morgan fingerprint density at radius 3 is 2.52 bits per heavy atom. The van der Waals surface area contributed by atoms with Gasteiger partial charge in [-0.15, -0.1) is 0 Å². The minimum atomic E-state index is 0.365. The van der Waals surface area contributed by atoms with Crippen LogP contribution in [0.5, 0.6) is 5.75 Å². The van der Waals surface area contributed by atoms with Crippen molar-refractivity contribution in [2.45, 2.75) is 18.9 Å². The fourth-order valence-electron chi connectivity index (χ4n) is 3.60. The number of rotatable bonds is 3. The maximum absolute atomic E-state index is 6.21. The van der Waals surface area contributed by atoms with E-state index < -0.39 is 0 Å². The molecule has 1 N–H and O–H groups in total. The zero-order chi connectivity index (χ0) is 14.1. The Morgan fingerprint density at radius 1 is 1.00 bits per heavy atom. The number of nitrogens with one attached hydrogen (secondary N) is 1. The number of nitrogens with zero attached hydrogens (tertiary/aromatic N) is 2. The predicted molar refractivity (Wildman–Crippen MR) is 81.0 cm³/mol. The van der Waals surface area contributed by atoms with Gasteiger partial charge in [-0.05, 0) is 55.5 Å². The third-order valence-electron chi connectivity index (χ3n) is 4.64. The summed E-state index contributed by atoms with van der Waals surface area (Å²) in [4.78, 5) is 8.15. The molecule has 2 fully saturated rings. The summed E-state index contributed by atoms with van der Waals surface area (Å²) in [5.41, 5.74) is 2.13. The molecule has 1 aromatic heterocycles. The summed E-state index contributed by atoms with van der Waals surface area (Å²) in [5.74, 6) is 2.57. The van der Waals surface area contributed by atoms with E-state index in [1.807, 2.05) is 24.5 Å². The molecule has 1 aliphatic carbocycles. The molecule has 0 radical (unpaired) electrons. The Kier molecular flexibility index (Phi) is 3.31. The normalized spacial score (nSPS) is 27.5. The van der Waals surface area contributed by atoms with E-state index in [1.165, 1.54) is 12.8 Å². The summed E-state index contributed by atoms with van der Waals surface area (Å²) in [6.07, 6.45) is 7.93. The van der Waals surface area contributed by atoms with Gasteiger partial charge in [-0.3, -0.25) is 0 Å². The van der Waals surface area contributed by atoms with Gasteiger partial charge in [0.1, 0.15) is 12.1 Å². The number of hydrogen-bond acceptors (Lipinski definition) is 4. The Bertz CT molecular complexity index is 604. The van der Waals surface area contributed by atoms with Crippen molar-refractivity contribution in [2.24, 2.45) is 11.8 Å². The number of hydrogen-bond donors (Lipinski definition) is 1. The Morgan fingerprint density at radius 2 is 1.76 bits per heavy atom. The van der Waals surface area contributed by atoms with Gasteiger partial charge in [0.15, 0.2) is 0 Å². The molecule has 1 aromatic carbocycles. The highest BCUT2D eigenvalue weighted by Crippen LogP contribution is 2.37. The van der Waals surface area contributed by atoms with Crippen molar-refractivity contribution >= 4 is 0 Å². The average molecular weight is 281 g/mol. The highest BCUT2D eigenvalue weighted by molar-refractivity contribution is 5.63. The molecule has 0 amide bonds. The zero-order valence-corrected chi connectivity index (χ0v) is 11.9. The lowest BCUT2D eigenvalue weighted by molar-refractivity contribution is 0.199. The molecule has 1 saturated carbocycles. The van der Waals surface area contributed by atoms with Crippen LogP contribution < -0.4 is 10.1 Å². The first kappa shape index (κ1) is 12.8. The quantitative estimate of drug-likeness (QED) is 0.939. The average Bonchev–Trinajstić information content (AvgIpc) is 3.10. The Hall–Kier alpha value is -1.94. The lowest BCUT2D eigenvalue weighted by Gasteiger charge is -2.15. The van der Waals surface area contributed by atoms with E-state index in [9.17, 15) is 0 Å². The monoisotopic (exact) mass is 281 g/mol. The van der Waals surface area contributed by atoms with Gasteiger partial charge >= 0.3 is 0 Å². The molecule has 4 heteroatoms. The van der Waals surface area contributed by atoms with E-state index in [-0.39, 0.29) is 0 Å². The largest absolute Gasteiger partial charge is 0.490 e. The number of benzene rings is 1. The van der Waals surface area contributed by atoms with Gasteiger partial charge in [0.25, 0.3) is 0 Å². The maximum Gasteiger partial charge on any atom is 0.120 e. The van der Waals surface area contributed by atoms with Crippen molar-refractivity contribution in [2.75, 3.05) is 13.1 Å². The molecule has 2 aromatic rings. The lowest BCUT2D eigenvalue weighted by Crippen LogP contribution is -2.18. The van der Waals surface area contributed by atoms with E-state index >= 15 is 0 Å². The van der Waals surface area contributed by atoms with Crippen molar-refractivity contribution < 1.29 is 4.74 Å². The van der Waals surface area contributed by atoms with Gasteiger partial charge in [0.2, 0.25) is 0 Å². The highest BCUT2D eigenvalue weighted by Gasteiger charge is 2.38. The first-order valence-corrected chi connectivity index (χ1v) is 7.61. The SMILES string of the molecule is c1cc(O[C@H]2C[C@H]3CNC[C@H]3C2)cc(-c2cncnc2)c1. The molecule has 4 rings (SSSR count). The first-order valence-electron chi connectivity index (χ1n) is 7.61. The Labute approximate surface area is 124 Å². The van der Waals surface area contributed by atoms with Gasteiger partial charge in [-0.1, -0.05) is 12.1 Å². The third-order valence-corrected chi connectivity index (χ3v) is 4.64. The summed E-state index contributed by atoms with van der Waals surface area (Å²) >= 11 is 0. The molecule has 1 aliphatic heterocycles. The van der Waals surface area contributed by atoms with Gasteiger partial charge in [0.05, 0.1) is 6.10 Å². The maximum atomic E-state index is 6.21. The van der Waals surface area contributed by atoms with E-state index in [1.54, 1.807) is 6.33 Å². The van der Waals surface area contributed by atoms with Crippen molar-refractivity contribution in [1.82, 2.24) is 15.3 Å². The molecule has 3 atom stereocenters. The van der Waals surface area contributed by atoms with E-state index in [0.29, 0.717) is 6.10 Å². The van der Waals surface area contributed by atoms with Crippen molar-refractivity contribution in [3.05, 3.63) is 43.0 Å². The lowest BCUT2D eigenvalue weighted by atomic mass is 10.0. The van der Waals surface area contributed by atoms with Gasteiger partial charge < -0.3 is 10.1 Å². The van der Waals surface area contributed by atoms with Crippen LogP contribution in [0.3, 0.4) is 0 Å². The van der Waals surface area contributed by atoms with Crippen LogP contribution in [0.25, 0.3) is 11.1 Å². The summed E-state index contributed by atoms with van der Waals surface area (Å²) in [6, 6.07) is 8.23. The van der Waals surface area contributed by atoms with Crippen molar-refractivity contribution in [1.29, 1.82) is 0 Å². The molecular weight excluding hydrogens is 262 g/mol. The standard InChI is InChI=1S/C17H19N3O/c1-2-12(15-9-19-11-20-10-15)4-16(3-1)21-17-5-13-7-18-8-14(13)6-17/h1-4,9-11,13-14,17-18H,5-8H2/t13-,14+,17-. The van der Waals surface area contributed by atoms with Crippen LogP contribution in [-0.2, 0) is 0 Å². The van der Waals surface area contributed by atoms with Crippen LogP contribution in [0.2, 0.25) is 0 Å². The van der Waals surface area contributed by atoms with Crippen molar-refractivity contribution in [3.8, 4) is 16.9 Å². The number of fused-ring (bicyclic) bond motifs is 1. The smallest absolute Gasteiger partial charge is 0.120 e. The third kappa shape index (κ3) is 2.63. The minimum absolute atomic E-state index is 0.365. The van der Waals surface area contributed by atoms with Crippen LogP contribution in [-0.4, -0.2) is 29.2 Å². The minimum Gasteiger partial charge on any atom is -0.490 e. The summed E-state index contributed by atoms with van der Waals surface area (Å²) in [6.45, 7) is 2.32. The zero-order valence-electron chi connectivity index (χ0n) is 11.9. The van der Waals surface area contributed by atoms with Crippen LogP contribution in [0.4, 0.5) is 0 Å². The van der Waals surface area contributed by atoms with E-state index in [2.05, 4.69) is 27.4 Å². The fraction of sp³-hybridized carbons (Fsp3) is 0.412. The van der Waals surface area contributed by atoms with Crippen LogP contribution >= 0.6 is 0 Å². The molecule has 0 unspecified atom stereocenters. The topological polar surface area (TPSA) is 47.0 Å². The second-order valence-corrected chi connectivity index (χ2v) is 6.04. The van der Waals surface area contributed by atoms with Gasteiger partial charge in [-0.25, -0.2) is 9.97 Å². The van der Waals surface area contributed by atoms with E-state index in [0.717, 1.165) is 41.8 Å². The molecule has 1 saturated heterocycles. The molecule has 108 valence electrons. The van der Waals surface area contributed by atoms with Gasteiger partial charge in [0, 0.05) is 18.0 Å². The van der Waals surface area contributed by atoms with Gasteiger partial charge in [-0.2, -0.15) is 0 Å². The predicted octanol–water partition coefficient (Wildman–Crippen LogP) is 2.52. The number of ether oxygens (including phenoxy) is 1.